The maximum Gasteiger partial charge on any atom is 0.407 e. The van der Waals surface area contributed by atoms with Crippen molar-refractivity contribution >= 4 is 14.4 Å². The number of alkyl carbamates (subject to hydrolysis) is 1. The highest BCUT2D eigenvalue weighted by atomic mass is 28.4. The van der Waals surface area contributed by atoms with Crippen molar-refractivity contribution in [3.8, 4) is 6.07 Å². The van der Waals surface area contributed by atoms with Crippen LogP contribution in [-0.2, 0) is 9.16 Å². The van der Waals surface area contributed by atoms with Crippen LogP contribution in [0.4, 0.5) is 13.6 Å². The van der Waals surface area contributed by atoms with Crippen LogP contribution in [0.5, 0.6) is 0 Å². The van der Waals surface area contributed by atoms with Crippen LogP contribution in [0.15, 0.2) is 0 Å². The molecule has 2 unspecified atom stereocenters. The molecule has 22 heavy (non-hydrogen) atoms. The van der Waals surface area contributed by atoms with Crippen molar-refractivity contribution in [2.45, 2.75) is 70.9 Å². The summed E-state index contributed by atoms with van der Waals surface area (Å²) in [4.78, 5) is 11.5. The molecule has 5 nitrogen and oxygen atoms in total. The minimum Gasteiger partial charge on any atom is -0.442 e. The van der Waals surface area contributed by atoms with Crippen LogP contribution < -0.4 is 5.32 Å². The second kappa shape index (κ2) is 8.43. The van der Waals surface area contributed by atoms with Gasteiger partial charge in [0.25, 0.3) is 6.43 Å². The average Bonchev–Trinajstić information content (AvgIpc) is 2.33. The zero-order chi connectivity index (χ0) is 17.6. The molecule has 0 radical (unpaired) electrons. The van der Waals surface area contributed by atoms with Gasteiger partial charge in [0.05, 0.1) is 25.1 Å². The summed E-state index contributed by atoms with van der Waals surface area (Å²) in [7, 11) is -2.09. The summed E-state index contributed by atoms with van der Waals surface area (Å²) in [5, 5.41) is 10.8. The lowest BCUT2D eigenvalue weighted by Crippen LogP contribution is -2.47. The van der Waals surface area contributed by atoms with Crippen molar-refractivity contribution in [3.05, 3.63) is 0 Å². The second-order valence-corrected chi connectivity index (χ2v) is 11.4. The number of carbonyl (C=O) groups excluding carboxylic acids is 1. The van der Waals surface area contributed by atoms with Gasteiger partial charge in [-0.05, 0) is 25.1 Å². The van der Waals surface area contributed by atoms with Gasteiger partial charge in [-0.3, -0.25) is 0 Å². The fourth-order valence-corrected chi connectivity index (χ4v) is 2.89. The highest BCUT2D eigenvalue weighted by molar-refractivity contribution is 6.74. The van der Waals surface area contributed by atoms with Crippen LogP contribution in [0, 0.1) is 11.3 Å². The normalized spacial score (nSPS) is 15.1. The highest BCUT2D eigenvalue weighted by Crippen LogP contribution is 2.37. The molecule has 0 aliphatic rings. The Hall–Kier alpha value is -1.20. The molecule has 0 bridgehead atoms. The van der Waals surface area contributed by atoms with E-state index in [1.165, 1.54) is 0 Å². The molecule has 128 valence electrons. The zero-order valence-corrected chi connectivity index (χ0v) is 15.1. The molecule has 2 atom stereocenters. The maximum absolute atomic E-state index is 12.1. The Morgan fingerprint density at radius 3 is 2.32 bits per heavy atom. The van der Waals surface area contributed by atoms with E-state index in [0.717, 1.165) is 0 Å². The summed E-state index contributed by atoms with van der Waals surface area (Å²) in [6.07, 6.45) is -4.96. The number of halogens is 2. The zero-order valence-electron chi connectivity index (χ0n) is 14.1. The summed E-state index contributed by atoms with van der Waals surface area (Å²) in [6, 6.07) is 1.93. The van der Waals surface area contributed by atoms with Crippen molar-refractivity contribution in [1.29, 1.82) is 5.26 Å². The van der Waals surface area contributed by atoms with Crippen molar-refractivity contribution in [3.63, 3.8) is 0 Å². The lowest BCUT2D eigenvalue weighted by Gasteiger charge is -2.39. The highest BCUT2D eigenvalue weighted by Gasteiger charge is 2.40. The minimum absolute atomic E-state index is 0.0314. The Balaban J connectivity index is 4.74. The van der Waals surface area contributed by atoms with Crippen molar-refractivity contribution in [2.75, 3.05) is 6.54 Å². The van der Waals surface area contributed by atoms with E-state index in [0.29, 0.717) is 0 Å². The largest absolute Gasteiger partial charge is 0.442 e. The summed E-state index contributed by atoms with van der Waals surface area (Å²) < 4.78 is 35.2. The smallest absolute Gasteiger partial charge is 0.407 e. The fraction of sp³-hybridized carbons (Fsp3) is 0.857. The van der Waals surface area contributed by atoms with Gasteiger partial charge in [-0.25, -0.2) is 13.6 Å². The molecule has 1 amide bonds. The van der Waals surface area contributed by atoms with Gasteiger partial charge >= 0.3 is 6.09 Å². The number of rotatable bonds is 7. The molecular weight excluding hydrogens is 310 g/mol. The molecule has 0 aromatic rings. The van der Waals surface area contributed by atoms with E-state index in [4.69, 9.17) is 14.4 Å². The molecule has 8 heteroatoms. The number of alkyl halides is 2. The van der Waals surface area contributed by atoms with Gasteiger partial charge in [0.1, 0.15) is 6.10 Å². The molecule has 1 N–H and O–H groups in total. The number of nitrogens with zero attached hydrogens (tertiary/aromatic N) is 1. The first-order chi connectivity index (χ1) is 9.90. The summed E-state index contributed by atoms with van der Waals surface area (Å²) in [5.41, 5.74) is 0. The lowest BCUT2D eigenvalue weighted by atomic mass is 10.2. The van der Waals surface area contributed by atoms with Crippen molar-refractivity contribution < 1.29 is 22.7 Å². The molecule has 0 aliphatic carbocycles. The first-order valence-electron chi connectivity index (χ1n) is 7.18. The van der Waals surface area contributed by atoms with E-state index in [1.807, 2.05) is 24.5 Å². The van der Waals surface area contributed by atoms with Gasteiger partial charge in [0.2, 0.25) is 0 Å². The summed E-state index contributed by atoms with van der Waals surface area (Å²) in [5.74, 6) is 0. The number of carbonyl (C=O) groups is 1. The molecule has 0 aromatic heterocycles. The van der Waals surface area contributed by atoms with Crippen LogP contribution in [0.1, 0.15) is 34.1 Å². The average molecular weight is 336 g/mol. The van der Waals surface area contributed by atoms with E-state index in [-0.39, 0.29) is 11.5 Å². The van der Waals surface area contributed by atoms with Crippen LogP contribution in [0.2, 0.25) is 18.1 Å². The van der Waals surface area contributed by atoms with E-state index in [1.54, 1.807) is 6.92 Å². The molecule has 0 spiro atoms. The number of nitriles is 1. The van der Waals surface area contributed by atoms with E-state index in [9.17, 15) is 13.6 Å². The molecule has 0 fully saturated rings. The molecule has 0 saturated heterocycles. The van der Waals surface area contributed by atoms with Crippen LogP contribution in [-0.4, -0.2) is 39.6 Å². The quantitative estimate of drug-likeness (QED) is 0.720. The first-order valence-corrected chi connectivity index (χ1v) is 10.1. The van der Waals surface area contributed by atoms with Crippen LogP contribution >= 0.6 is 0 Å². The summed E-state index contributed by atoms with van der Waals surface area (Å²) in [6.45, 7) is 11.2. The third-order valence-electron chi connectivity index (χ3n) is 3.76. The van der Waals surface area contributed by atoms with Crippen molar-refractivity contribution in [2.24, 2.45) is 0 Å². The van der Waals surface area contributed by atoms with Gasteiger partial charge in [-0.2, -0.15) is 5.26 Å². The number of nitrogens with one attached hydrogen (secondary N) is 1. The molecule has 0 aliphatic heterocycles. The molecule has 0 aromatic carbocycles. The Morgan fingerprint density at radius 2 is 1.91 bits per heavy atom. The second-order valence-electron chi connectivity index (χ2n) is 6.66. The van der Waals surface area contributed by atoms with E-state index < -0.39 is 39.6 Å². The fourth-order valence-electron chi connectivity index (χ4n) is 1.45. The predicted octanol–water partition coefficient (Wildman–Crippen LogP) is 3.67. The van der Waals surface area contributed by atoms with Gasteiger partial charge in [0, 0.05) is 0 Å². The standard InChI is InChI=1S/C14H26F2N2O3Si/c1-10(21-22(5,6)14(2,3)4)11(7-8-17)20-13(19)18-9-12(15)16/h10-12H,7,9H2,1-6H3,(H,18,19). The Labute approximate surface area is 132 Å². The monoisotopic (exact) mass is 336 g/mol. The molecule has 0 heterocycles. The summed E-state index contributed by atoms with van der Waals surface area (Å²) >= 11 is 0. The van der Waals surface area contributed by atoms with Crippen molar-refractivity contribution in [1.82, 2.24) is 5.32 Å². The maximum atomic E-state index is 12.1. The topological polar surface area (TPSA) is 71.3 Å². The third-order valence-corrected chi connectivity index (χ3v) is 8.34. The number of amides is 1. The van der Waals surface area contributed by atoms with Crippen LogP contribution in [0.3, 0.4) is 0 Å². The third kappa shape index (κ3) is 7.18. The van der Waals surface area contributed by atoms with E-state index in [2.05, 4.69) is 20.8 Å². The first kappa shape index (κ1) is 20.8. The predicted molar refractivity (Wildman–Crippen MR) is 82.2 cm³/mol. The molecule has 0 saturated carbocycles. The Kier molecular flexibility index (Phi) is 7.97. The number of ether oxygens (including phenoxy) is 1. The lowest BCUT2D eigenvalue weighted by molar-refractivity contribution is 0.0183. The van der Waals surface area contributed by atoms with Gasteiger partial charge in [-0.15, -0.1) is 0 Å². The van der Waals surface area contributed by atoms with Gasteiger partial charge in [-0.1, -0.05) is 20.8 Å². The molecule has 0 rings (SSSR count). The van der Waals surface area contributed by atoms with E-state index >= 15 is 0 Å². The van der Waals surface area contributed by atoms with Gasteiger partial charge < -0.3 is 14.5 Å². The number of hydrogen-bond acceptors (Lipinski definition) is 4. The van der Waals surface area contributed by atoms with Crippen LogP contribution in [0.25, 0.3) is 0 Å². The SMILES string of the molecule is CC(O[Si](C)(C)C(C)(C)C)C(CC#N)OC(=O)NCC(F)F. The number of hydrogen-bond donors (Lipinski definition) is 1. The Morgan fingerprint density at radius 1 is 1.36 bits per heavy atom. The minimum atomic E-state index is -2.65. The van der Waals surface area contributed by atoms with Gasteiger partial charge in [0.15, 0.2) is 8.32 Å². The Bertz CT molecular complexity index is 406. The molecular formula is C14H26F2N2O3Si.